The van der Waals surface area contributed by atoms with Crippen molar-refractivity contribution in [1.82, 2.24) is 20.2 Å². The van der Waals surface area contributed by atoms with Crippen molar-refractivity contribution in [2.24, 2.45) is 5.73 Å². The Morgan fingerprint density at radius 3 is 1.98 bits per heavy atom. The molecule has 4 rings (SSSR count). The molecule has 1 aliphatic rings. The van der Waals surface area contributed by atoms with Crippen LogP contribution in [-0.4, -0.2) is 71.4 Å². The van der Waals surface area contributed by atoms with Gasteiger partial charge in [0.2, 0.25) is 11.9 Å². The van der Waals surface area contributed by atoms with Crippen LogP contribution < -0.4 is 21.3 Å². The Bertz CT molecular complexity index is 1260. The molecule has 0 saturated heterocycles. The van der Waals surface area contributed by atoms with Crippen molar-refractivity contribution in [1.29, 1.82) is 0 Å². The van der Waals surface area contributed by atoms with E-state index in [4.69, 9.17) is 5.73 Å². The zero-order chi connectivity index (χ0) is 29.9. The van der Waals surface area contributed by atoms with E-state index in [-0.39, 0.29) is 18.0 Å². The average Bonchev–Trinajstić information content (AvgIpc) is 3.02. The molecule has 4 N–H and O–H groups in total. The van der Waals surface area contributed by atoms with Gasteiger partial charge in [0, 0.05) is 43.5 Å². The van der Waals surface area contributed by atoms with Gasteiger partial charge in [0.1, 0.15) is 11.9 Å². The first kappa shape index (κ1) is 30.6. The van der Waals surface area contributed by atoms with Crippen molar-refractivity contribution in [2.45, 2.75) is 63.1 Å². The van der Waals surface area contributed by atoms with Gasteiger partial charge < -0.3 is 21.3 Å². The second-order valence-corrected chi connectivity index (χ2v) is 10.8. The Hall–Kier alpha value is -4.31. The van der Waals surface area contributed by atoms with E-state index in [1.54, 1.807) is 54.7 Å². The van der Waals surface area contributed by atoms with E-state index in [1.165, 1.54) is 0 Å². The molecule has 1 unspecified atom stereocenters. The monoisotopic (exact) mass is 571 g/mol. The number of imide groups is 1. The number of aromatic nitrogens is 2. The number of benzene rings is 2. The summed E-state index contributed by atoms with van der Waals surface area (Å²) in [6, 6.07) is 18.3. The molecule has 3 aromatic rings. The molecule has 1 heterocycles. The Kier molecular flexibility index (Phi) is 11.0. The zero-order valence-corrected chi connectivity index (χ0v) is 24.4. The number of hydrogen-bond donors (Lipinski definition) is 3. The predicted molar refractivity (Wildman–Crippen MR) is 164 cm³/mol. The highest BCUT2D eigenvalue weighted by Gasteiger charge is 2.37. The van der Waals surface area contributed by atoms with Gasteiger partial charge in [0.25, 0.3) is 11.8 Å². The lowest BCUT2D eigenvalue weighted by atomic mass is 9.90. The summed E-state index contributed by atoms with van der Waals surface area (Å²) in [6.45, 7) is 0.464. The predicted octanol–water partition coefficient (Wildman–Crippen LogP) is 3.86. The van der Waals surface area contributed by atoms with Gasteiger partial charge in [-0.05, 0) is 81.8 Å². The summed E-state index contributed by atoms with van der Waals surface area (Å²) in [5, 5.41) is 6.59. The molecule has 0 spiro atoms. The molecule has 1 fully saturated rings. The van der Waals surface area contributed by atoms with Crippen LogP contribution in [-0.2, 0) is 4.79 Å². The molecule has 10 heteroatoms. The maximum Gasteiger partial charge on any atom is 0.261 e. The maximum atomic E-state index is 13.9. The number of unbranched alkanes of at least 4 members (excludes halogenated alkanes) is 1. The number of amides is 3. The van der Waals surface area contributed by atoms with E-state index in [2.05, 4.69) is 20.6 Å². The van der Waals surface area contributed by atoms with Crippen molar-refractivity contribution in [3.63, 3.8) is 0 Å². The Labute approximate surface area is 247 Å². The standard InChI is InChI=1S/C32H41N7O3/c1-38(2)28-20-22-34-32(37-28)36-26-18-16-25(17-19-26)35-29(40)27(15-9-10-21-33)39(30(41)23-11-5-3-6-12-23)31(42)24-13-7-4-8-14-24/h3-8,11-14,20,22,25-27H,9-10,15-19,21,33H2,1-2H3,(H,35,40)(H,34,36,37). The van der Waals surface area contributed by atoms with Gasteiger partial charge in [0.15, 0.2) is 0 Å². The molecule has 222 valence electrons. The number of nitrogens with zero attached hydrogens (tertiary/aromatic N) is 4. The quantitative estimate of drug-likeness (QED) is 0.220. The summed E-state index contributed by atoms with van der Waals surface area (Å²) >= 11 is 0. The number of nitrogens with two attached hydrogens (primary N) is 1. The van der Waals surface area contributed by atoms with Crippen molar-refractivity contribution in [2.75, 3.05) is 30.9 Å². The fourth-order valence-electron chi connectivity index (χ4n) is 5.20. The van der Waals surface area contributed by atoms with Gasteiger partial charge in [-0.25, -0.2) is 4.98 Å². The topological polar surface area (TPSA) is 134 Å². The van der Waals surface area contributed by atoms with Crippen molar-refractivity contribution in [3.8, 4) is 0 Å². The molecule has 0 aliphatic heterocycles. The van der Waals surface area contributed by atoms with Crippen LogP contribution in [0.3, 0.4) is 0 Å². The molecule has 42 heavy (non-hydrogen) atoms. The molecule has 2 aromatic carbocycles. The third-order valence-corrected chi connectivity index (χ3v) is 7.53. The second kappa shape index (κ2) is 15.1. The van der Waals surface area contributed by atoms with E-state index in [0.29, 0.717) is 42.9 Å². The molecule has 3 amide bonds. The minimum atomic E-state index is -0.963. The summed E-state index contributed by atoms with van der Waals surface area (Å²) in [7, 11) is 3.87. The van der Waals surface area contributed by atoms with Crippen molar-refractivity contribution < 1.29 is 14.4 Å². The van der Waals surface area contributed by atoms with Crippen LogP contribution in [0.25, 0.3) is 0 Å². The summed E-state index contributed by atoms with van der Waals surface area (Å²) in [5.41, 5.74) is 6.45. The Balaban J connectivity index is 1.48. The molecule has 1 saturated carbocycles. The lowest BCUT2D eigenvalue weighted by molar-refractivity contribution is -0.126. The largest absolute Gasteiger partial charge is 0.363 e. The number of rotatable bonds is 12. The summed E-state index contributed by atoms with van der Waals surface area (Å²) in [5.74, 6) is 0.103. The summed E-state index contributed by atoms with van der Waals surface area (Å²) < 4.78 is 0. The normalized spacial score (nSPS) is 17.1. The number of hydrogen-bond acceptors (Lipinski definition) is 8. The Morgan fingerprint density at radius 1 is 0.857 bits per heavy atom. The number of carbonyl (C=O) groups excluding carboxylic acids is 3. The smallest absolute Gasteiger partial charge is 0.261 e. The molecule has 1 atom stereocenters. The van der Waals surface area contributed by atoms with Crippen LogP contribution in [0.4, 0.5) is 11.8 Å². The minimum Gasteiger partial charge on any atom is -0.363 e. The lowest BCUT2D eigenvalue weighted by Gasteiger charge is -2.33. The van der Waals surface area contributed by atoms with E-state index >= 15 is 0 Å². The van der Waals surface area contributed by atoms with Gasteiger partial charge in [0.05, 0.1) is 0 Å². The third kappa shape index (κ3) is 8.13. The highest BCUT2D eigenvalue weighted by atomic mass is 16.2. The van der Waals surface area contributed by atoms with E-state index in [1.807, 2.05) is 37.2 Å². The first-order valence-electron chi connectivity index (χ1n) is 14.6. The van der Waals surface area contributed by atoms with E-state index in [0.717, 1.165) is 36.4 Å². The number of anilines is 2. The van der Waals surface area contributed by atoms with Gasteiger partial charge in [-0.3, -0.25) is 19.3 Å². The fraction of sp³-hybridized carbons (Fsp3) is 0.406. The molecular weight excluding hydrogens is 530 g/mol. The third-order valence-electron chi connectivity index (χ3n) is 7.53. The molecule has 10 nitrogen and oxygen atoms in total. The van der Waals surface area contributed by atoms with Crippen LogP contribution >= 0.6 is 0 Å². The second-order valence-electron chi connectivity index (χ2n) is 10.8. The maximum absolute atomic E-state index is 13.9. The van der Waals surface area contributed by atoms with E-state index < -0.39 is 17.9 Å². The SMILES string of the molecule is CN(C)c1ccnc(NC2CCC(NC(=O)C(CCCCN)N(C(=O)c3ccccc3)C(=O)c3ccccc3)CC2)n1. The van der Waals surface area contributed by atoms with Gasteiger partial charge in [-0.1, -0.05) is 36.4 Å². The van der Waals surface area contributed by atoms with Crippen LogP contribution in [0.2, 0.25) is 0 Å². The van der Waals surface area contributed by atoms with Crippen molar-refractivity contribution >= 4 is 29.5 Å². The van der Waals surface area contributed by atoms with Crippen LogP contribution in [0, 0.1) is 0 Å². The molecule has 0 radical (unpaired) electrons. The van der Waals surface area contributed by atoms with Crippen LogP contribution in [0.1, 0.15) is 65.7 Å². The highest BCUT2D eigenvalue weighted by Crippen LogP contribution is 2.24. The first-order chi connectivity index (χ1) is 20.4. The molecular formula is C32H41N7O3. The Morgan fingerprint density at radius 2 is 1.43 bits per heavy atom. The van der Waals surface area contributed by atoms with Gasteiger partial charge >= 0.3 is 0 Å². The van der Waals surface area contributed by atoms with Gasteiger partial charge in [-0.2, -0.15) is 4.98 Å². The number of nitrogens with one attached hydrogen (secondary N) is 2. The minimum absolute atomic E-state index is 0.0675. The summed E-state index contributed by atoms with van der Waals surface area (Å²) in [6.07, 6.45) is 6.53. The van der Waals surface area contributed by atoms with Gasteiger partial charge in [-0.15, -0.1) is 0 Å². The highest BCUT2D eigenvalue weighted by molar-refractivity contribution is 6.12. The van der Waals surface area contributed by atoms with Crippen LogP contribution in [0.15, 0.2) is 72.9 Å². The number of carbonyl (C=O) groups is 3. The van der Waals surface area contributed by atoms with Crippen LogP contribution in [0.5, 0.6) is 0 Å². The lowest BCUT2D eigenvalue weighted by Crippen LogP contribution is -2.54. The molecule has 1 aromatic heterocycles. The fourth-order valence-corrected chi connectivity index (χ4v) is 5.20. The molecule has 1 aliphatic carbocycles. The van der Waals surface area contributed by atoms with E-state index in [9.17, 15) is 14.4 Å². The first-order valence-corrected chi connectivity index (χ1v) is 14.6. The summed E-state index contributed by atoms with van der Waals surface area (Å²) in [4.78, 5) is 53.4. The molecule has 0 bridgehead atoms. The van der Waals surface area contributed by atoms with Crippen molar-refractivity contribution in [3.05, 3.63) is 84.1 Å². The average molecular weight is 572 g/mol. The zero-order valence-electron chi connectivity index (χ0n) is 24.4.